The first-order valence-corrected chi connectivity index (χ1v) is 8.23. The number of carbonyl (C=O) groups excluding carboxylic acids is 2. The Kier molecular flexibility index (Phi) is 6.55. The van der Waals surface area contributed by atoms with Gasteiger partial charge in [0, 0.05) is 5.92 Å². The van der Waals surface area contributed by atoms with E-state index in [1.165, 1.54) is 0 Å². The highest BCUT2D eigenvalue weighted by Gasteiger charge is 2.29. The number of halogens is 5. The molecule has 1 amide bonds. The zero-order chi connectivity index (χ0) is 19.4. The van der Waals surface area contributed by atoms with Crippen LogP contribution in [0.1, 0.15) is 39.0 Å². The SMILES string of the molecule is C[C@@H](C(=O)NCC(=O)Oc1c(F)c(F)c(F)c(F)c1F)C1CCCCC1. The molecule has 0 radical (unpaired) electrons. The molecule has 0 aliphatic heterocycles. The second kappa shape index (κ2) is 8.46. The Hall–Kier alpha value is -2.19. The number of hydrogen-bond donors (Lipinski definition) is 1. The normalized spacial score (nSPS) is 16.2. The highest BCUT2D eigenvalue weighted by molar-refractivity contribution is 5.84. The van der Waals surface area contributed by atoms with E-state index >= 15 is 0 Å². The van der Waals surface area contributed by atoms with Crippen molar-refractivity contribution in [2.45, 2.75) is 39.0 Å². The van der Waals surface area contributed by atoms with Crippen molar-refractivity contribution in [2.24, 2.45) is 11.8 Å². The molecule has 144 valence electrons. The third-order valence-electron chi connectivity index (χ3n) is 4.56. The molecule has 0 aromatic heterocycles. The lowest BCUT2D eigenvalue weighted by atomic mass is 9.80. The quantitative estimate of drug-likeness (QED) is 0.280. The number of rotatable bonds is 5. The Balaban J connectivity index is 1.96. The molecule has 1 aliphatic carbocycles. The number of carbonyl (C=O) groups is 2. The molecule has 0 heterocycles. The van der Waals surface area contributed by atoms with Gasteiger partial charge in [-0.3, -0.25) is 4.79 Å². The molecule has 9 heteroatoms. The first-order chi connectivity index (χ1) is 12.2. The van der Waals surface area contributed by atoms with Gasteiger partial charge in [0.25, 0.3) is 0 Å². The van der Waals surface area contributed by atoms with Crippen LogP contribution in [0.2, 0.25) is 0 Å². The van der Waals surface area contributed by atoms with E-state index in [2.05, 4.69) is 10.1 Å². The van der Waals surface area contributed by atoms with Crippen molar-refractivity contribution >= 4 is 11.9 Å². The van der Waals surface area contributed by atoms with Crippen LogP contribution in [0.15, 0.2) is 0 Å². The van der Waals surface area contributed by atoms with Crippen molar-refractivity contribution in [3.63, 3.8) is 0 Å². The van der Waals surface area contributed by atoms with Gasteiger partial charge in [0.2, 0.25) is 40.7 Å². The van der Waals surface area contributed by atoms with Crippen molar-refractivity contribution in [1.82, 2.24) is 5.32 Å². The summed E-state index contributed by atoms with van der Waals surface area (Å²) in [7, 11) is 0. The van der Waals surface area contributed by atoms with Crippen LogP contribution < -0.4 is 10.1 Å². The van der Waals surface area contributed by atoms with Crippen molar-refractivity contribution in [1.29, 1.82) is 0 Å². The second-order valence-electron chi connectivity index (χ2n) is 6.28. The fourth-order valence-corrected chi connectivity index (χ4v) is 2.99. The molecule has 0 unspecified atom stereocenters. The molecule has 2 rings (SSSR count). The summed E-state index contributed by atoms with van der Waals surface area (Å²) in [5, 5.41) is 2.26. The monoisotopic (exact) mass is 379 g/mol. The minimum absolute atomic E-state index is 0.176. The Morgan fingerprint density at radius 1 is 0.962 bits per heavy atom. The van der Waals surface area contributed by atoms with E-state index in [9.17, 15) is 31.5 Å². The molecule has 0 spiro atoms. The van der Waals surface area contributed by atoms with E-state index < -0.39 is 53.3 Å². The first-order valence-electron chi connectivity index (χ1n) is 8.23. The predicted molar refractivity (Wildman–Crippen MR) is 80.6 cm³/mol. The molecular weight excluding hydrogens is 361 g/mol. The number of amides is 1. The van der Waals surface area contributed by atoms with Gasteiger partial charge in [-0.2, -0.15) is 8.78 Å². The summed E-state index contributed by atoms with van der Waals surface area (Å²) in [6.45, 7) is 0.954. The third kappa shape index (κ3) is 4.31. The summed E-state index contributed by atoms with van der Waals surface area (Å²) in [4.78, 5) is 23.7. The number of ether oxygens (including phenoxy) is 1. The molecule has 4 nitrogen and oxygen atoms in total. The van der Waals surface area contributed by atoms with Crippen LogP contribution >= 0.6 is 0 Å². The number of esters is 1. The van der Waals surface area contributed by atoms with Gasteiger partial charge in [0.05, 0.1) is 0 Å². The van der Waals surface area contributed by atoms with E-state index in [0.29, 0.717) is 0 Å². The van der Waals surface area contributed by atoms with Crippen molar-refractivity contribution in [2.75, 3.05) is 6.54 Å². The highest BCUT2D eigenvalue weighted by Crippen LogP contribution is 2.30. The largest absolute Gasteiger partial charge is 0.419 e. The molecular formula is C17H18F5NO3. The van der Waals surface area contributed by atoms with Crippen LogP contribution in [0.5, 0.6) is 5.75 Å². The maximum Gasteiger partial charge on any atom is 0.331 e. The lowest BCUT2D eigenvalue weighted by molar-refractivity contribution is -0.137. The van der Waals surface area contributed by atoms with Crippen LogP contribution in [0, 0.1) is 40.9 Å². The second-order valence-corrected chi connectivity index (χ2v) is 6.28. The molecule has 1 aromatic carbocycles. The van der Waals surface area contributed by atoms with Gasteiger partial charge >= 0.3 is 5.97 Å². The minimum atomic E-state index is -2.35. The van der Waals surface area contributed by atoms with Gasteiger partial charge in [-0.1, -0.05) is 26.2 Å². The molecule has 1 aromatic rings. The zero-order valence-corrected chi connectivity index (χ0v) is 14.0. The summed E-state index contributed by atoms with van der Waals surface area (Å²) >= 11 is 0. The number of benzene rings is 1. The van der Waals surface area contributed by atoms with E-state index in [4.69, 9.17) is 0 Å². The van der Waals surface area contributed by atoms with Gasteiger partial charge in [-0.25, -0.2) is 18.0 Å². The molecule has 1 atom stereocenters. The van der Waals surface area contributed by atoms with Gasteiger partial charge in [0.15, 0.2) is 0 Å². The zero-order valence-electron chi connectivity index (χ0n) is 14.0. The molecule has 0 saturated heterocycles. The molecule has 1 N–H and O–H groups in total. The summed E-state index contributed by atoms with van der Waals surface area (Å²) in [6.07, 6.45) is 4.93. The Labute approximate surface area is 146 Å². The fourth-order valence-electron chi connectivity index (χ4n) is 2.99. The van der Waals surface area contributed by atoms with Crippen LogP contribution in [0.4, 0.5) is 22.0 Å². The molecule has 26 heavy (non-hydrogen) atoms. The fraction of sp³-hybridized carbons (Fsp3) is 0.529. The lowest BCUT2D eigenvalue weighted by Crippen LogP contribution is -2.38. The summed E-state index contributed by atoms with van der Waals surface area (Å²) in [6, 6.07) is 0. The van der Waals surface area contributed by atoms with E-state index in [1.54, 1.807) is 6.92 Å². The smallest absolute Gasteiger partial charge is 0.331 e. The van der Waals surface area contributed by atoms with Crippen molar-refractivity contribution in [3.8, 4) is 5.75 Å². The van der Waals surface area contributed by atoms with E-state index in [-0.39, 0.29) is 11.8 Å². The van der Waals surface area contributed by atoms with Crippen LogP contribution in [-0.4, -0.2) is 18.4 Å². The van der Waals surface area contributed by atoms with Crippen LogP contribution in [-0.2, 0) is 9.59 Å². The predicted octanol–water partition coefficient (Wildman–Crippen LogP) is 3.62. The average molecular weight is 379 g/mol. The van der Waals surface area contributed by atoms with Crippen molar-refractivity contribution < 1.29 is 36.3 Å². The van der Waals surface area contributed by atoms with E-state index in [0.717, 1.165) is 32.1 Å². The van der Waals surface area contributed by atoms with Gasteiger partial charge < -0.3 is 10.1 Å². The minimum Gasteiger partial charge on any atom is -0.419 e. The number of nitrogens with one attached hydrogen (secondary N) is 1. The van der Waals surface area contributed by atoms with Crippen molar-refractivity contribution in [3.05, 3.63) is 29.1 Å². The topological polar surface area (TPSA) is 55.4 Å². The number of hydrogen-bond acceptors (Lipinski definition) is 3. The Morgan fingerprint density at radius 3 is 2.00 bits per heavy atom. The standard InChI is InChI=1S/C17H18F5NO3/c1-8(9-5-3-2-4-6-9)17(25)23-7-10(24)26-16-14(21)12(19)11(18)13(20)15(16)22/h8-9H,2-7H2,1H3,(H,23,25)/t8-/m1/s1. The first kappa shape index (κ1) is 20.1. The third-order valence-corrected chi connectivity index (χ3v) is 4.56. The van der Waals surface area contributed by atoms with Crippen LogP contribution in [0.3, 0.4) is 0 Å². The molecule has 0 bridgehead atoms. The van der Waals surface area contributed by atoms with Gasteiger partial charge in [-0.15, -0.1) is 0 Å². The maximum absolute atomic E-state index is 13.4. The van der Waals surface area contributed by atoms with E-state index in [1.807, 2.05) is 0 Å². The molecule has 1 fully saturated rings. The molecule has 1 aliphatic rings. The summed E-state index contributed by atoms with van der Waals surface area (Å²) < 4.78 is 70.2. The van der Waals surface area contributed by atoms with Gasteiger partial charge in [-0.05, 0) is 18.8 Å². The Morgan fingerprint density at radius 2 is 1.46 bits per heavy atom. The highest BCUT2D eigenvalue weighted by atomic mass is 19.2. The van der Waals surface area contributed by atoms with Gasteiger partial charge in [0.1, 0.15) is 6.54 Å². The maximum atomic E-state index is 13.4. The Bertz CT molecular complexity index is 675. The summed E-state index contributed by atoms with van der Waals surface area (Å²) in [5.74, 6) is -15.0. The van der Waals surface area contributed by atoms with Crippen LogP contribution in [0.25, 0.3) is 0 Å². The summed E-state index contributed by atoms with van der Waals surface area (Å²) in [5.41, 5.74) is 0. The molecule has 1 saturated carbocycles. The lowest BCUT2D eigenvalue weighted by Gasteiger charge is -2.26. The average Bonchev–Trinajstić information content (AvgIpc) is 2.66.